The number of hydrogen-bond acceptors (Lipinski definition) is 3. The van der Waals surface area contributed by atoms with Gasteiger partial charge in [-0.15, -0.1) is 24.0 Å². The van der Waals surface area contributed by atoms with Crippen molar-refractivity contribution < 1.29 is 0 Å². The lowest BCUT2D eigenvalue weighted by Gasteiger charge is -2.24. The van der Waals surface area contributed by atoms with Crippen LogP contribution in [0.2, 0.25) is 0 Å². The van der Waals surface area contributed by atoms with Gasteiger partial charge in [0.1, 0.15) is 0 Å². The molecule has 0 spiro atoms. The molecule has 1 saturated carbocycles. The lowest BCUT2D eigenvalue weighted by atomic mass is 10.2. The zero-order valence-electron chi connectivity index (χ0n) is 15.3. The number of rotatable bonds is 6. The Balaban J connectivity index is 0.00000225. The Hall–Kier alpha value is -0.890. The molecular weight excluding hydrogens is 425 g/mol. The first-order valence-electron chi connectivity index (χ1n) is 9.54. The van der Waals surface area contributed by atoms with Gasteiger partial charge in [-0.25, -0.2) is 0 Å². The number of pyridine rings is 1. The second kappa shape index (κ2) is 11.0. The van der Waals surface area contributed by atoms with Crippen LogP contribution in [0, 0.1) is 0 Å². The molecule has 0 bridgehead atoms. The van der Waals surface area contributed by atoms with Gasteiger partial charge < -0.3 is 10.6 Å². The predicted molar refractivity (Wildman–Crippen MR) is 115 cm³/mol. The Kier molecular flexibility index (Phi) is 8.95. The summed E-state index contributed by atoms with van der Waals surface area (Å²) in [4.78, 5) is 11.8. The highest BCUT2D eigenvalue weighted by Gasteiger charge is 2.30. The Labute approximate surface area is 169 Å². The van der Waals surface area contributed by atoms with Crippen LogP contribution in [-0.4, -0.2) is 54.1 Å². The van der Waals surface area contributed by atoms with Crippen molar-refractivity contribution in [3.8, 4) is 0 Å². The molecule has 6 heteroatoms. The molecule has 3 rings (SSSR count). The molecule has 2 N–H and O–H groups in total. The summed E-state index contributed by atoms with van der Waals surface area (Å²) in [5, 5.41) is 7.01. The van der Waals surface area contributed by atoms with Crippen molar-refractivity contribution in [2.24, 2.45) is 4.99 Å². The van der Waals surface area contributed by atoms with E-state index in [2.05, 4.69) is 33.5 Å². The van der Waals surface area contributed by atoms with Gasteiger partial charge in [-0.05, 0) is 38.3 Å². The van der Waals surface area contributed by atoms with Crippen molar-refractivity contribution in [2.45, 2.75) is 57.5 Å². The monoisotopic (exact) mass is 457 g/mol. The van der Waals surface area contributed by atoms with Crippen molar-refractivity contribution in [3.05, 3.63) is 30.1 Å². The smallest absolute Gasteiger partial charge is 0.191 e. The number of hydrogen-bond donors (Lipinski definition) is 2. The van der Waals surface area contributed by atoms with Crippen LogP contribution >= 0.6 is 24.0 Å². The van der Waals surface area contributed by atoms with Crippen LogP contribution in [0.15, 0.2) is 29.4 Å². The van der Waals surface area contributed by atoms with Crippen LogP contribution < -0.4 is 10.6 Å². The van der Waals surface area contributed by atoms with Crippen LogP contribution in [-0.2, 0) is 6.42 Å². The first-order valence-corrected chi connectivity index (χ1v) is 9.54. The van der Waals surface area contributed by atoms with Gasteiger partial charge in [0.05, 0.1) is 0 Å². The Bertz CT molecular complexity index is 516. The molecular formula is C19H32IN5. The molecule has 0 aromatic carbocycles. The number of likely N-dealkylation sites (tertiary alicyclic amines) is 1. The maximum absolute atomic E-state index is 4.73. The molecule has 1 aromatic heterocycles. The zero-order chi connectivity index (χ0) is 16.6. The second-order valence-electron chi connectivity index (χ2n) is 6.89. The molecule has 1 unspecified atom stereocenters. The number of nitrogens with one attached hydrogen (secondary N) is 2. The molecule has 2 fully saturated rings. The highest BCUT2D eigenvalue weighted by molar-refractivity contribution is 14.0. The van der Waals surface area contributed by atoms with E-state index in [0.717, 1.165) is 43.8 Å². The number of halogens is 1. The van der Waals surface area contributed by atoms with Crippen molar-refractivity contribution in [2.75, 3.05) is 26.2 Å². The molecule has 2 aliphatic rings. The molecule has 5 nitrogen and oxygen atoms in total. The van der Waals surface area contributed by atoms with Gasteiger partial charge in [-0.2, -0.15) is 0 Å². The molecule has 1 aliphatic carbocycles. The lowest BCUT2D eigenvalue weighted by molar-refractivity contribution is 0.242. The first-order chi connectivity index (χ1) is 11.8. The van der Waals surface area contributed by atoms with Crippen LogP contribution in [0.3, 0.4) is 0 Å². The summed E-state index contributed by atoms with van der Waals surface area (Å²) in [5.74, 6) is 0.951. The topological polar surface area (TPSA) is 52.6 Å². The molecule has 0 radical (unpaired) electrons. The summed E-state index contributed by atoms with van der Waals surface area (Å²) in [5.41, 5.74) is 1.10. The van der Waals surface area contributed by atoms with Crippen LogP contribution in [0.5, 0.6) is 0 Å². The van der Waals surface area contributed by atoms with Gasteiger partial charge in [0.2, 0.25) is 0 Å². The lowest BCUT2D eigenvalue weighted by Crippen LogP contribution is -2.45. The van der Waals surface area contributed by atoms with E-state index >= 15 is 0 Å². The minimum Gasteiger partial charge on any atom is -0.357 e. The number of aliphatic imine (C=N–C) groups is 1. The van der Waals surface area contributed by atoms with E-state index in [1.807, 2.05) is 18.3 Å². The van der Waals surface area contributed by atoms with Gasteiger partial charge >= 0.3 is 0 Å². The number of aromatic nitrogens is 1. The summed E-state index contributed by atoms with van der Waals surface area (Å²) in [7, 11) is 0. The van der Waals surface area contributed by atoms with E-state index < -0.39 is 0 Å². The van der Waals surface area contributed by atoms with Gasteiger partial charge in [-0.1, -0.05) is 18.9 Å². The molecule has 2 heterocycles. The average Bonchev–Trinajstić information content (AvgIpc) is 3.27. The van der Waals surface area contributed by atoms with Crippen LogP contribution in [0.4, 0.5) is 0 Å². The summed E-state index contributed by atoms with van der Waals surface area (Å²) in [6.45, 7) is 6.18. The third-order valence-corrected chi connectivity index (χ3v) is 5.11. The number of guanidine groups is 1. The summed E-state index contributed by atoms with van der Waals surface area (Å²) >= 11 is 0. The van der Waals surface area contributed by atoms with Crippen molar-refractivity contribution in [1.29, 1.82) is 0 Å². The van der Waals surface area contributed by atoms with Crippen molar-refractivity contribution in [3.63, 3.8) is 0 Å². The molecule has 0 amide bonds. The highest BCUT2D eigenvalue weighted by atomic mass is 127. The van der Waals surface area contributed by atoms with Crippen molar-refractivity contribution in [1.82, 2.24) is 20.5 Å². The van der Waals surface area contributed by atoms with E-state index in [0.29, 0.717) is 6.04 Å². The third-order valence-electron chi connectivity index (χ3n) is 5.11. The van der Waals surface area contributed by atoms with E-state index in [-0.39, 0.29) is 24.0 Å². The summed E-state index contributed by atoms with van der Waals surface area (Å²) in [6.07, 6.45) is 9.57. The SMILES string of the molecule is CCNC(=NCCc1ccccn1)NC1CCN(C2CCCC2)C1.I. The fourth-order valence-electron chi connectivity index (χ4n) is 3.85. The van der Waals surface area contributed by atoms with Crippen molar-refractivity contribution >= 4 is 29.9 Å². The van der Waals surface area contributed by atoms with E-state index in [1.54, 1.807) is 0 Å². The first kappa shape index (κ1) is 20.4. The number of nitrogens with zero attached hydrogens (tertiary/aromatic N) is 3. The van der Waals surface area contributed by atoms with Gasteiger partial charge in [0.15, 0.2) is 5.96 Å². The quantitative estimate of drug-likeness (QED) is 0.392. The summed E-state index contributed by atoms with van der Waals surface area (Å²) < 4.78 is 0. The minimum absolute atomic E-state index is 0. The van der Waals surface area contributed by atoms with Crippen LogP contribution in [0.25, 0.3) is 0 Å². The van der Waals surface area contributed by atoms with E-state index in [4.69, 9.17) is 4.99 Å². The van der Waals surface area contributed by atoms with Crippen LogP contribution in [0.1, 0.15) is 44.7 Å². The zero-order valence-corrected chi connectivity index (χ0v) is 17.6. The molecule has 1 saturated heterocycles. The van der Waals surface area contributed by atoms with Gasteiger partial charge in [0, 0.05) is 56.6 Å². The Morgan fingerprint density at radius 2 is 2.12 bits per heavy atom. The molecule has 1 aromatic rings. The molecule has 140 valence electrons. The minimum atomic E-state index is 0. The van der Waals surface area contributed by atoms with E-state index in [1.165, 1.54) is 38.6 Å². The van der Waals surface area contributed by atoms with Gasteiger partial charge in [0.25, 0.3) is 0 Å². The highest BCUT2D eigenvalue weighted by Crippen LogP contribution is 2.26. The Morgan fingerprint density at radius 3 is 2.84 bits per heavy atom. The standard InChI is InChI=1S/C19H31N5.HI/c1-2-20-19(22-13-10-16-7-5-6-12-21-16)23-17-11-14-24(15-17)18-8-3-4-9-18;/h5-7,12,17-18H,2-4,8-11,13-15H2,1H3,(H2,20,22,23);1H. The normalized spacial score (nSPS) is 22.0. The fourth-order valence-corrected chi connectivity index (χ4v) is 3.85. The third kappa shape index (κ3) is 6.40. The molecule has 25 heavy (non-hydrogen) atoms. The predicted octanol–water partition coefficient (Wildman–Crippen LogP) is 2.81. The Morgan fingerprint density at radius 1 is 1.28 bits per heavy atom. The fraction of sp³-hybridized carbons (Fsp3) is 0.684. The maximum Gasteiger partial charge on any atom is 0.191 e. The molecule has 1 aliphatic heterocycles. The molecule has 1 atom stereocenters. The largest absolute Gasteiger partial charge is 0.357 e. The average molecular weight is 457 g/mol. The van der Waals surface area contributed by atoms with Gasteiger partial charge in [-0.3, -0.25) is 14.9 Å². The maximum atomic E-state index is 4.73. The van der Waals surface area contributed by atoms with E-state index in [9.17, 15) is 0 Å². The summed E-state index contributed by atoms with van der Waals surface area (Å²) in [6, 6.07) is 7.41. The second-order valence-corrected chi connectivity index (χ2v) is 6.89.